The van der Waals surface area contributed by atoms with Crippen LogP contribution in [0.1, 0.15) is 0 Å². The molecule has 4 nitrogen and oxygen atoms in total. The molecular formula is C4H6N2O2Ti. The van der Waals surface area contributed by atoms with Crippen LogP contribution in [-0.4, -0.2) is 9.55 Å². The van der Waals surface area contributed by atoms with Gasteiger partial charge in [-0.1, -0.05) is 0 Å². The van der Waals surface area contributed by atoms with Gasteiger partial charge >= 0.3 is 25.7 Å². The predicted molar refractivity (Wildman–Crippen MR) is 24.6 cm³/mol. The quantitative estimate of drug-likeness (QED) is 0.511. The van der Waals surface area contributed by atoms with Gasteiger partial charge in [-0.05, 0) is 0 Å². The zero-order valence-corrected chi connectivity index (χ0v) is 6.50. The zero-order valence-electron chi connectivity index (χ0n) is 4.94. The van der Waals surface area contributed by atoms with E-state index >= 15 is 0 Å². The number of hydrogen-bond donors (Lipinski definition) is 0. The maximum absolute atomic E-state index is 8.50. The molecule has 0 bridgehead atoms. The molecule has 48 valence electrons. The second-order valence-electron chi connectivity index (χ2n) is 1.31. The molecule has 0 unspecified atom stereocenters. The molecule has 0 spiro atoms. The fourth-order valence-corrected chi connectivity index (χ4v) is 0.326. The average molecular weight is 162 g/mol. The number of imidazole rings is 1. The van der Waals surface area contributed by atoms with Crippen molar-refractivity contribution in [2.75, 3.05) is 0 Å². The van der Waals surface area contributed by atoms with Gasteiger partial charge in [0.2, 0.25) is 0 Å². The molecule has 0 atom stereocenters. The molecule has 1 rings (SSSR count). The Balaban J connectivity index is 0.000000187. The molecule has 1 aromatic rings. The summed E-state index contributed by atoms with van der Waals surface area (Å²) in [5.74, 6) is 0. The Hall–Kier alpha value is -0.476. The first kappa shape index (κ1) is 8.52. The minimum absolute atomic E-state index is 1.75. The predicted octanol–water partition coefficient (Wildman–Crippen LogP) is 0.180. The van der Waals surface area contributed by atoms with Gasteiger partial charge in [-0.2, -0.15) is 0 Å². The van der Waals surface area contributed by atoms with E-state index in [0.717, 1.165) is 0 Å². The van der Waals surface area contributed by atoms with Crippen molar-refractivity contribution in [2.24, 2.45) is 7.05 Å². The Bertz CT molecular complexity index is 178. The zero-order chi connectivity index (χ0) is 7.11. The third-order valence-corrected chi connectivity index (χ3v) is 0.637. The third kappa shape index (κ3) is 5.39. The summed E-state index contributed by atoms with van der Waals surface area (Å²) in [7, 11) is 1.94. The number of aryl methyl sites for hydroxylation is 1. The summed E-state index contributed by atoms with van der Waals surface area (Å²) >= 11 is -2.00. The van der Waals surface area contributed by atoms with Crippen molar-refractivity contribution in [1.82, 2.24) is 9.55 Å². The van der Waals surface area contributed by atoms with Gasteiger partial charge in [-0.25, -0.2) is 4.98 Å². The molecule has 1 heterocycles. The van der Waals surface area contributed by atoms with Crippen LogP contribution in [0.2, 0.25) is 0 Å². The monoisotopic (exact) mass is 162 g/mol. The molecular weight excluding hydrogens is 156 g/mol. The van der Waals surface area contributed by atoms with Gasteiger partial charge in [-0.3, -0.25) is 0 Å². The standard InChI is InChI=1S/C4H6N2.2O.Ti/c1-6-3-2-5-4-6;;;/h2-4H,1H3;;;. The Kier molecular flexibility index (Phi) is 5.36. The Morgan fingerprint density at radius 3 is 2.22 bits per heavy atom. The summed E-state index contributed by atoms with van der Waals surface area (Å²) in [5, 5.41) is 0. The molecule has 0 saturated heterocycles. The second-order valence-corrected chi connectivity index (χ2v) is 1.57. The number of nitrogens with zero attached hydrogens (tertiary/aromatic N) is 2. The van der Waals surface area contributed by atoms with E-state index in [9.17, 15) is 0 Å². The molecule has 0 radical (unpaired) electrons. The van der Waals surface area contributed by atoms with Crippen LogP contribution in [0.4, 0.5) is 0 Å². The Labute approximate surface area is 61.5 Å². The Morgan fingerprint density at radius 1 is 1.56 bits per heavy atom. The third-order valence-electron chi connectivity index (χ3n) is 0.637. The van der Waals surface area contributed by atoms with Crippen LogP contribution in [0, 0.1) is 0 Å². The Morgan fingerprint density at radius 2 is 2.11 bits per heavy atom. The molecule has 1 aromatic heterocycles. The van der Waals surface area contributed by atoms with Crippen LogP contribution in [0.25, 0.3) is 0 Å². The minimum atomic E-state index is -2.00. The fourth-order valence-electron chi connectivity index (χ4n) is 0.326. The molecule has 9 heavy (non-hydrogen) atoms. The molecule has 0 saturated carbocycles. The van der Waals surface area contributed by atoms with Crippen molar-refractivity contribution in [3.8, 4) is 0 Å². The topological polar surface area (TPSA) is 52.0 Å². The van der Waals surface area contributed by atoms with Gasteiger partial charge in [0.15, 0.2) is 0 Å². The van der Waals surface area contributed by atoms with Crippen LogP contribution in [0.3, 0.4) is 0 Å². The summed E-state index contributed by atoms with van der Waals surface area (Å²) in [6.07, 6.45) is 5.39. The fraction of sp³-hybridized carbons (Fsp3) is 0.250. The van der Waals surface area contributed by atoms with Crippen molar-refractivity contribution in [2.45, 2.75) is 0 Å². The van der Waals surface area contributed by atoms with E-state index in [2.05, 4.69) is 4.98 Å². The SMILES string of the molecule is Cn1ccnc1.[O]=[Ti]=[O]. The molecule has 0 fully saturated rings. The number of hydrogen-bond acceptors (Lipinski definition) is 3. The molecule has 0 aliphatic carbocycles. The van der Waals surface area contributed by atoms with Gasteiger partial charge in [0, 0.05) is 19.4 Å². The van der Waals surface area contributed by atoms with Crippen molar-refractivity contribution in [3.63, 3.8) is 0 Å². The first-order valence-electron chi connectivity index (χ1n) is 2.22. The van der Waals surface area contributed by atoms with E-state index in [-0.39, 0.29) is 0 Å². The molecule has 0 amide bonds. The van der Waals surface area contributed by atoms with Gasteiger partial charge in [0.1, 0.15) is 0 Å². The number of aromatic nitrogens is 2. The summed E-state index contributed by atoms with van der Waals surface area (Å²) in [6.45, 7) is 0. The first-order valence-corrected chi connectivity index (χ1v) is 3.50. The normalized spacial score (nSPS) is 6.78. The van der Waals surface area contributed by atoms with Crippen LogP contribution in [0.5, 0.6) is 0 Å². The maximum atomic E-state index is 8.50. The van der Waals surface area contributed by atoms with Crippen molar-refractivity contribution in [3.05, 3.63) is 18.7 Å². The summed E-state index contributed by atoms with van der Waals surface area (Å²) in [4.78, 5) is 3.78. The molecule has 0 aliphatic rings. The summed E-state index contributed by atoms with van der Waals surface area (Å²) in [5.41, 5.74) is 0. The van der Waals surface area contributed by atoms with Crippen LogP contribution >= 0.6 is 0 Å². The molecule has 5 heteroatoms. The van der Waals surface area contributed by atoms with Gasteiger partial charge in [0.25, 0.3) is 0 Å². The molecule has 0 aliphatic heterocycles. The van der Waals surface area contributed by atoms with Gasteiger partial charge < -0.3 is 4.57 Å². The van der Waals surface area contributed by atoms with Crippen molar-refractivity contribution in [1.29, 1.82) is 0 Å². The van der Waals surface area contributed by atoms with Crippen LogP contribution in [-0.2, 0) is 32.8 Å². The first-order chi connectivity index (χ1) is 4.31. The van der Waals surface area contributed by atoms with Crippen molar-refractivity contribution >= 4 is 0 Å². The molecule has 0 N–H and O–H groups in total. The second kappa shape index (κ2) is 5.66. The summed E-state index contributed by atoms with van der Waals surface area (Å²) < 4.78 is 18.9. The van der Waals surface area contributed by atoms with E-state index in [1.165, 1.54) is 0 Å². The van der Waals surface area contributed by atoms with Gasteiger partial charge in [0.05, 0.1) is 6.33 Å². The molecule has 0 aromatic carbocycles. The van der Waals surface area contributed by atoms with E-state index < -0.39 is 19.1 Å². The van der Waals surface area contributed by atoms with Gasteiger partial charge in [-0.15, -0.1) is 0 Å². The van der Waals surface area contributed by atoms with E-state index in [1.807, 2.05) is 17.8 Å². The van der Waals surface area contributed by atoms with Crippen molar-refractivity contribution < 1.29 is 25.7 Å². The number of rotatable bonds is 0. The average Bonchev–Trinajstić information content (AvgIpc) is 2.20. The van der Waals surface area contributed by atoms with E-state index in [1.54, 1.807) is 12.5 Å². The van der Waals surface area contributed by atoms with Crippen LogP contribution < -0.4 is 0 Å². The van der Waals surface area contributed by atoms with Crippen LogP contribution in [0.15, 0.2) is 18.7 Å². The van der Waals surface area contributed by atoms with E-state index in [0.29, 0.717) is 0 Å². The van der Waals surface area contributed by atoms with E-state index in [4.69, 9.17) is 6.65 Å². The summed E-state index contributed by atoms with van der Waals surface area (Å²) in [6, 6.07) is 0.